The number of likely N-dealkylation sites (tertiary alicyclic amines) is 1. The summed E-state index contributed by atoms with van der Waals surface area (Å²) in [7, 11) is 0. The molecule has 18 heavy (non-hydrogen) atoms. The molecule has 0 amide bonds. The van der Waals surface area contributed by atoms with Crippen LogP contribution in [0.2, 0.25) is 0 Å². The summed E-state index contributed by atoms with van der Waals surface area (Å²) in [5, 5.41) is 8.57. The van der Waals surface area contributed by atoms with Gasteiger partial charge >= 0.3 is 5.97 Å². The minimum atomic E-state index is -0.662. The molecule has 0 aromatic rings. The topological polar surface area (TPSA) is 40.5 Å². The van der Waals surface area contributed by atoms with E-state index >= 15 is 0 Å². The van der Waals surface area contributed by atoms with E-state index in [9.17, 15) is 4.79 Å². The molecule has 1 fully saturated rings. The first-order chi connectivity index (χ1) is 8.59. The maximum atomic E-state index is 10.4. The largest absolute Gasteiger partial charge is 0.481 e. The molecule has 0 radical (unpaired) electrons. The first-order valence-corrected chi connectivity index (χ1v) is 7.53. The van der Waals surface area contributed by atoms with Gasteiger partial charge in [-0.3, -0.25) is 4.79 Å². The van der Waals surface area contributed by atoms with Crippen LogP contribution in [0.3, 0.4) is 0 Å². The van der Waals surface area contributed by atoms with E-state index in [2.05, 4.69) is 18.7 Å². The molecule has 3 heteroatoms. The summed E-state index contributed by atoms with van der Waals surface area (Å²) in [4.78, 5) is 13.0. The lowest BCUT2D eigenvalue weighted by atomic mass is 9.89. The Hall–Kier alpha value is -0.570. The van der Waals surface area contributed by atoms with Gasteiger partial charge in [0.05, 0.1) is 0 Å². The van der Waals surface area contributed by atoms with E-state index in [-0.39, 0.29) is 0 Å². The van der Waals surface area contributed by atoms with E-state index in [0.29, 0.717) is 6.42 Å². The molecule has 0 aliphatic carbocycles. The van der Waals surface area contributed by atoms with Crippen LogP contribution in [-0.2, 0) is 4.79 Å². The zero-order valence-electron chi connectivity index (χ0n) is 12.0. The zero-order chi connectivity index (χ0) is 13.4. The van der Waals surface area contributed by atoms with E-state index in [0.717, 1.165) is 37.6 Å². The van der Waals surface area contributed by atoms with E-state index in [1.54, 1.807) is 0 Å². The molecule has 0 bridgehead atoms. The summed E-state index contributed by atoms with van der Waals surface area (Å²) in [6.07, 6.45) is 7.42. The quantitative estimate of drug-likeness (QED) is 0.709. The third-order valence-corrected chi connectivity index (χ3v) is 4.17. The van der Waals surface area contributed by atoms with Crippen molar-refractivity contribution in [3.05, 3.63) is 0 Å². The molecule has 3 nitrogen and oxygen atoms in total. The van der Waals surface area contributed by atoms with Crippen LogP contribution in [0.5, 0.6) is 0 Å². The van der Waals surface area contributed by atoms with Crippen molar-refractivity contribution in [3.63, 3.8) is 0 Å². The predicted molar refractivity (Wildman–Crippen MR) is 74.7 cm³/mol. The Morgan fingerprint density at radius 2 is 2.00 bits per heavy atom. The smallest absolute Gasteiger partial charge is 0.303 e. The molecule has 1 atom stereocenters. The summed E-state index contributed by atoms with van der Waals surface area (Å²) in [6.45, 7) is 8.31. The predicted octanol–water partition coefficient (Wildman–Crippen LogP) is 3.39. The SMILES string of the molecule is CC(C)C1CCCN(CCCCCC(=O)O)CC1. The minimum absolute atomic E-state index is 0.329. The number of unbranched alkanes of at least 4 members (excludes halogenated alkanes) is 2. The molecule has 1 unspecified atom stereocenters. The number of hydrogen-bond donors (Lipinski definition) is 1. The molecule has 0 saturated carbocycles. The Balaban J connectivity index is 2.10. The van der Waals surface area contributed by atoms with Crippen molar-refractivity contribution in [1.82, 2.24) is 4.90 Å². The lowest BCUT2D eigenvalue weighted by Crippen LogP contribution is -2.26. The molecule has 0 aromatic carbocycles. The van der Waals surface area contributed by atoms with Gasteiger partial charge < -0.3 is 10.0 Å². The average molecular weight is 255 g/mol. The molecule has 0 aromatic heterocycles. The first kappa shape index (κ1) is 15.5. The monoisotopic (exact) mass is 255 g/mol. The molecule has 1 rings (SSSR count). The number of carboxylic acids is 1. The summed E-state index contributed by atoms with van der Waals surface area (Å²) < 4.78 is 0. The van der Waals surface area contributed by atoms with Crippen molar-refractivity contribution < 1.29 is 9.90 Å². The second-order valence-electron chi connectivity index (χ2n) is 5.98. The highest BCUT2D eigenvalue weighted by atomic mass is 16.4. The standard InChI is InChI=1S/C15H29NO2/c1-13(2)14-7-6-11-16(12-9-14)10-5-3-4-8-15(17)18/h13-14H,3-12H2,1-2H3,(H,17,18). The highest BCUT2D eigenvalue weighted by molar-refractivity contribution is 5.66. The lowest BCUT2D eigenvalue weighted by Gasteiger charge is -2.21. The fraction of sp³-hybridized carbons (Fsp3) is 0.933. The summed E-state index contributed by atoms with van der Waals surface area (Å²) in [6, 6.07) is 0. The van der Waals surface area contributed by atoms with Crippen LogP contribution in [0.4, 0.5) is 0 Å². The third kappa shape index (κ3) is 6.39. The number of rotatable bonds is 7. The van der Waals surface area contributed by atoms with Gasteiger partial charge in [-0.1, -0.05) is 20.3 Å². The van der Waals surface area contributed by atoms with Crippen LogP contribution in [0.25, 0.3) is 0 Å². The van der Waals surface area contributed by atoms with Gasteiger partial charge in [0.15, 0.2) is 0 Å². The van der Waals surface area contributed by atoms with E-state index < -0.39 is 5.97 Å². The van der Waals surface area contributed by atoms with Crippen molar-refractivity contribution in [1.29, 1.82) is 0 Å². The van der Waals surface area contributed by atoms with E-state index in [1.165, 1.54) is 32.4 Å². The Morgan fingerprint density at radius 1 is 1.22 bits per heavy atom. The van der Waals surface area contributed by atoms with Crippen molar-refractivity contribution in [3.8, 4) is 0 Å². The van der Waals surface area contributed by atoms with Gasteiger partial charge in [0.25, 0.3) is 0 Å². The van der Waals surface area contributed by atoms with Crippen LogP contribution in [0, 0.1) is 11.8 Å². The number of carboxylic acid groups (broad SMARTS) is 1. The van der Waals surface area contributed by atoms with Crippen molar-refractivity contribution in [2.45, 2.75) is 58.8 Å². The highest BCUT2D eigenvalue weighted by Gasteiger charge is 2.18. The Kier molecular flexibility index (Phi) is 7.33. The Bertz CT molecular complexity index is 241. The fourth-order valence-electron chi connectivity index (χ4n) is 2.86. The van der Waals surface area contributed by atoms with Gasteiger partial charge in [-0.05, 0) is 63.6 Å². The molecule has 106 valence electrons. The molecular formula is C15H29NO2. The van der Waals surface area contributed by atoms with Crippen LogP contribution >= 0.6 is 0 Å². The summed E-state index contributed by atoms with van der Waals surface area (Å²) in [5.74, 6) is 1.06. The van der Waals surface area contributed by atoms with E-state index in [1.807, 2.05) is 0 Å². The van der Waals surface area contributed by atoms with Crippen LogP contribution in [0.1, 0.15) is 58.8 Å². The zero-order valence-corrected chi connectivity index (χ0v) is 12.0. The number of nitrogens with zero attached hydrogens (tertiary/aromatic N) is 1. The second kappa shape index (κ2) is 8.52. The van der Waals surface area contributed by atoms with Gasteiger partial charge in [-0.25, -0.2) is 0 Å². The number of aliphatic carboxylic acids is 1. The maximum absolute atomic E-state index is 10.4. The van der Waals surface area contributed by atoms with Crippen molar-refractivity contribution in [2.75, 3.05) is 19.6 Å². The Morgan fingerprint density at radius 3 is 2.67 bits per heavy atom. The number of hydrogen-bond acceptors (Lipinski definition) is 2. The van der Waals surface area contributed by atoms with Gasteiger partial charge in [0, 0.05) is 6.42 Å². The van der Waals surface area contributed by atoms with Crippen LogP contribution in [-0.4, -0.2) is 35.6 Å². The van der Waals surface area contributed by atoms with Gasteiger partial charge in [-0.2, -0.15) is 0 Å². The van der Waals surface area contributed by atoms with Gasteiger partial charge in [0.1, 0.15) is 0 Å². The van der Waals surface area contributed by atoms with Gasteiger partial charge in [-0.15, -0.1) is 0 Å². The molecule has 0 spiro atoms. The second-order valence-corrected chi connectivity index (χ2v) is 5.98. The summed E-state index contributed by atoms with van der Waals surface area (Å²) in [5.41, 5.74) is 0. The maximum Gasteiger partial charge on any atom is 0.303 e. The number of carbonyl (C=O) groups is 1. The normalized spacial score (nSPS) is 22.1. The molecule has 1 heterocycles. The Labute approximate surface area is 112 Å². The first-order valence-electron chi connectivity index (χ1n) is 7.53. The third-order valence-electron chi connectivity index (χ3n) is 4.17. The molecule has 1 saturated heterocycles. The molecule has 1 N–H and O–H groups in total. The van der Waals surface area contributed by atoms with Gasteiger partial charge in [0.2, 0.25) is 0 Å². The van der Waals surface area contributed by atoms with E-state index in [4.69, 9.17) is 5.11 Å². The van der Waals surface area contributed by atoms with Crippen molar-refractivity contribution >= 4 is 5.97 Å². The van der Waals surface area contributed by atoms with Crippen LogP contribution < -0.4 is 0 Å². The lowest BCUT2D eigenvalue weighted by molar-refractivity contribution is -0.137. The average Bonchev–Trinajstić information content (AvgIpc) is 2.53. The minimum Gasteiger partial charge on any atom is -0.481 e. The summed E-state index contributed by atoms with van der Waals surface area (Å²) >= 11 is 0. The molecule has 1 aliphatic rings. The van der Waals surface area contributed by atoms with Crippen molar-refractivity contribution in [2.24, 2.45) is 11.8 Å². The van der Waals surface area contributed by atoms with Crippen LogP contribution in [0.15, 0.2) is 0 Å². The molecular weight excluding hydrogens is 226 g/mol. The highest BCUT2D eigenvalue weighted by Crippen LogP contribution is 2.24. The molecule has 1 aliphatic heterocycles. The fourth-order valence-corrected chi connectivity index (χ4v) is 2.86.